The number of hydrogen-bond acceptors (Lipinski definition) is 11. The van der Waals surface area contributed by atoms with E-state index in [4.69, 9.17) is 19.9 Å². The van der Waals surface area contributed by atoms with Gasteiger partial charge in [0.05, 0.1) is 11.8 Å². The number of carboxylic acids is 1. The summed E-state index contributed by atoms with van der Waals surface area (Å²) in [4.78, 5) is 73.8. The first-order valence-corrected chi connectivity index (χ1v) is 13.6. The summed E-state index contributed by atoms with van der Waals surface area (Å²) in [6, 6.07) is 3.33. The maximum Gasteiger partial charge on any atom is 0.333 e. The highest BCUT2D eigenvalue weighted by molar-refractivity contribution is 6.07. The summed E-state index contributed by atoms with van der Waals surface area (Å²) in [6.07, 6.45) is -3.23. The number of imide groups is 1. The van der Waals surface area contributed by atoms with Crippen LogP contribution in [-0.2, 0) is 44.8 Å². The minimum absolute atomic E-state index is 0.0122. The highest BCUT2D eigenvalue weighted by Crippen LogP contribution is 2.31. The molecule has 0 aromatic heterocycles. The van der Waals surface area contributed by atoms with Crippen LogP contribution in [0.4, 0.5) is 5.69 Å². The van der Waals surface area contributed by atoms with Gasteiger partial charge in [0.2, 0.25) is 29.9 Å². The Morgan fingerprint density at radius 3 is 2.57 bits per heavy atom. The molecule has 1 aromatic rings. The number of esters is 1. The van der Waals surface area contributed by atoms with Crippen LogP contribution in [0.25, 0.3) is 0 Å². The van der Waals surface area contributed by atoms with E-state index in [9.17, 15) is 39.0 Å². The van der Waals surface area contributed by atoms with E-state index in [-0.39, 0.29) is 56.8 Å². The van der Waals surface area contributed by atoms with Gasteiger partial charge in [-0.1, -0.05) is 13.0 Å². The van der Waals surface area contributed by atoms with E-state index in [2.05, 4.69) is 10.6 Å². The SMILES string of the molecule is CCC1CC(=O)N(C(CN)C(=O)NCCC(=O)Nc2cc(COC(C)=O)ccc2O[C@@H]2C[C@H](O)C[C@H](C(=O)O)O2)C1=O. The van der Waals surface area contributed by atoms with Gasteiger partial charge in [0, 0.05) is 51.6 Å². The first-order valence-electron chi connectivity index (χ1n) is 13.6. The number of aliphatic hydroxyl groups is 1. The minimum atomic E-state index is -1.28. The first kappa shape index (κ1) is 32.4. The van der Waals surface area contributed by atoms with Gasteiger partial charge in [-0.05, 0) is 24.1 Å². The second kappa shape index (κ2) is 14.7. The Bertz CT molecular complexity index is 1210. The number of nitrogens with two attached hydrogens (primary N) is 1. The number of aliphatic carboxylic acids is 1. The Morgan fingerprint density at radius 2 is 1.95 bits per heavy atom. The number of carboxylic acid groups (broad SMARTS) is 1. The number of amides is 4. The zero-order valence-electron chi connectivity index (χ0n) is 23.4. The fourth-order valence-electron chi connectivity index (χ4n) is 4.61. The van der Waals surface area contributed by atoms with Crippen molar-refractivity contribution in [2.75, 3.05) is 18.4 Å². The largest absolute Gasteiger partial charge is 0.479 e. The van der Waals surface area contributed by atoms with Crippen LogP contribution in [0.2, 0.25) is 0 Å². The molecule has 0 saturated carbocycles. The van der Waals surface area contributed by atoms with Gasteiger partial charge >= 0.3 is 11.9 Å². The van der Waals surface area contributed by atoms with Crippen molar-refractivity contribution < 1.29 is 53.2 Å². The van der Waals surface area contributed by atoms with Crippen molar-refractivity contribution >= 4 is 41.3 Å². The normalized spacial score (nSPS) is 22.8. The number of nitrogens with one attached hydrogen (secondary N) is 2. The summed E-state index contributed by atoms with van der Waals surface area (Å²) in [5.74, 6) is -4.30. The predicted molar refractivity (Wildman–Crippen MR) is 143 cm³/mol. The molecule has 2 aliphatic rings. The van der Waals surface area contributed by atoms with Crippen LogP contribution in [0.5, 0.6) is 5.75 Å². The van der Waals surface area contributed by atoms with Gasteiger partial charge in [-0.3, -0.25) is 28.9 Å². The number of carbonyl (C=O) groups excluding carboxylic acids is 5. The zero-order chi connectivity index (χ0) is 31.0. The summed E-state index contributed by atoms with van der Waals surface area (Å²) in [7, 11) is 0. The Balaban J connectivity index is 1.65. The molecule has 230 valence electrons. The lowest BCUT2D eigenvalue weighted by atomic mass is 10.1. The van der Waals surface area contributed by atoms with Crippen molar-refractivity contribution in [1.29, 1.82) is 0 Å². The third-order valence-electron chi connectivity index (χ3n) is 6.82. The predicted octanol–water partition coefficient (Wildman–Crippen LogP) is -0.364. The van der Waals surface area contributed by atoms with E-state index in [1.807, 2.05) is 0 Å². The molecule has 0 aliphatic carbocycles. The Morgan fingerprint density at radius 1 is 1.21 bits per heavy atom. The van der Waals surface area contributed by atoms with Crippen LogP contribution in [0.3, 0.4) is 0 Å². The molecular weight excluding hydrogens is 556 g/mol. The number of nitrogens with zero attached hydrogens (tertiary/aromatic N) is 1. The van der Waals surface area contributed by atoms with Gasteiger partial charge in [-0.15, -0.1) is 0 Å². The first-order chi connectivity index (χ1) is 19.9. The van der Waals surface area contributed by atoms with Crippen LogP contribution in [0.15, 0.2) is 18.2 Å². The smallest absolute Gasteiger partial charge is 0.333 e. The molecule has 15 nitrogen and oxygen atoms in total. The number of carbonyl (C=O) groups is 6. The van der Waals surface area contributed by atoms with Gasteiger partial charge in [0.1, 0.15) is 18.4 Å². The molecule has 4 amide bonds. The average molecular weight is 593 g/mol. The number of ether oxygens (including phenoxy) is 3. The van der Waals surface area contributed by atoms with E-state index < -0.39 is 66.0 Å². The molecule has 0 spiro atoms. The van der Waals surface area contributed by atoms with Crippen molar-refractivity contribution in [2.24, 2.45) is 11.7 Å². The maximum atomic E-state index is 12.8. The minimum Gasteiger partial charge on any atom is -0.479 e. The number of hydrogen-bond donors (Lipinski definition) is 5. The summed E-state index contributed by atoms with van der Waals surface area (Å²) >= 11 is 0. The van der Waals surface area contributed by atoms with E-state index in [1.54, 1.807) is 13.0 Å². The zero-order valence-corrected chi connectivity index (χ0v) is 23.4. The van der Waals surface area contributed by atoms with Gasteiger partial charge < -0.3 is 40.8 Å². The van der Waals surface area contributed by atoms with Crippen LogP contribution in [0.1, 0.15) is 51.5 Å². The molecule has 6 N–H and O–H groups in total. The monoisotopic (exact) mass is 592 g/mol. The van der Waals surface area contributed by atoms with Crippen molar-refractivity contribution in [3.05, 3.63) is 23.8 Å². The number of benzene rings is 1. The molecule has 5 atom stereocenters. The summed E-state index contributed by atoms with van der Waals surface area (Å²) < 4.78 is 16.2. The molecule has 1 aromatic carbocycles. The highest BCUT2D eigenvalue weighted by atomic mass is 16.7. The van der Waals surface area contributed by atoms with Gasteiger partial charge in [-0.2, -0.15) is 0 Å². The second-order valence-corrected chi connectivity index (χ2v) is 10.00. The van der Waals surface area contributed by atoms with E-state index in [0.717, 1.165) is 4.90 Å². The number of aliphatic hydroxyl groups excluding tert-OH is 1. The molecule has 2 fully saturated rings. The van der Waals surface area contributed by atoms with Crippen LogP contribution < -0.4 is 21.1 Å². The van der Waals surface area contributed by atoms with E-state index in [0.29, 0.717) is 12.0 Å². The standard InChI is InChI=1S/C27H36N4O11/c1-3-16-9-23(35)31(26(16)37)19(12-28)25(36)29-7-6-22(34)30-18-8-15(13-40-14(2)32)4-5-20(18)41-24-11-17(33)10-21(42-24)27(38)39/h4-5,8,16-17,19,21,24,33H,3,6-7,9-13,28H2,1-2H3,(H,29,36)(H,30,34)(H,38,39)/t16?,17-,19?,21-,24+/m1/s1. The molecular formula is C27H36N4O11. The van der Waals surface area contributed by atoms with Crippen molar-refractivity contribution in [3.63, 3.8) is 0 Å². The molecule has 0 radical (unpaired) electrons. The molecule has 2 saturated heterocycles. The molecule has 2 heterocycles. The lowest BCUT2D eigenvalue weighted by Gasteiger charge is -2.31. The van der Waals surface area contributed by atoms with Crippen molar-refractivity contribution in [1.82, 2.24) is 10.2 Å². The van der Waals surface area contributed by atoms with Crippen molar-refractivity contribution in [3.8, 4) is 5.75 Å². The molecule has 15 heteroatoms. The lowest BCUT2D eigenvalue weighted by Crippen LogP contribution is -2.53. The van der Waals surface area contributed by atoms with Crippen LogP contribution in [0, 0.1) is 5.92 Å². The summed E-state index contributed by atoms with van der Waals surface area (Å²) in [6.45, 7) is 2.50. The average Bonchev–Trinajstić information content (AvgIpc) is 3.21. The van der Waals surface area contributed by atoms with E-state index >= 15 is 0 Å². The number of rotatable bonds is 13. The molecule has 42 heavy (non-hydrogen) atoms. The fraction of sp³-hybridized carbons (Fsp3) is 0.556. The lowest BCUT2D eigenvalue weighted by molar-refractivity contribution is -0.195. The second-order valence-electron chi connectivity index (χ2n) is 10.00. The molecule has 2 unspecified atom stereocenters. The summed E-state index contributed by atoms with van der Waals surface area (Å²) in [5, 5.41) is 24.5. The third kappa shape index (κ3) is 8.47. The highest BCUT2D eigenvalue weighted by Gasteiger charge is 2.43. The van der Waals surface area contributed by atoms with Crippen LogP contribution in [-0.4, -0.2) is 88.3 Å². The fourth-order valence-corrected chi connectivity index (χ4v) is 4.61. The van der Waals surface area contributed by atoms with Gasteiger partial charge in [0.25, 0.3) is 0 Å². The Kier molecular flexibility index (Phi) is 11.4. The number of likely N-dealkylation sites (tertiary alicyclic amines) is 1. The maximum absolute atomic E-state index is 12.8. The van der Waals surface area contributed by atoms with Gasteiger partial charge in [-0.25, -0.2) is 4.79 Å². The van der Waals surface area contributed by atoms with Crippen LogP contribution >= 0.6 is 0 Å². The topological polar surface area (TPSA) is 224 Å². The molecule has 0 bridgehead atoms. The van der Waals surface area contributed by atoms with Crippen molar-refractivity contribution in [2.45, 2.75) is 77.1 Å². The molecule has 3 rings (SSSR count). The molecule has 2 aliphatic heterocycles. The van der Waals surface area contributed by atoms with E-state index in [1.165, 1.54) is 19.1 Å². The quantitative estimate of drug-likeness (QED) is 0.146. The third-order valence-corrected chi connectivity index (χ3v) is 6.82. The Hall–Kier alpha value is -4.08. The Labute approximate surface area is 241 Å². The van der Waals surface area contributed by atoms with Gasteiger partial charge in [0.15, 0.2) is 6.10 Å². The summed E-state index contributed by atoms with van der Waals surface area (Å²) in [5.41, 5.74) is 6.34. The number of anilines is 1.